The molecule has 0 saturated carbocycles. The van der Waals surface area contributed by atoms with Gasteiger partial charge in [-0.15, -0.1) is 0 Å². The van der Waals surface area contributed by atoms with Crippen LogP contribution in [0.4, 0.5) is 0 Å². The van der Waals surface area contributed by atoms with Crippen LogP contribution in [0.3, 0.4) is 0 Å². The zero-order chi connectivity index (χ0) is 69.0. The highest BCUT2D eigenvalue weighted by Crippen LogP contribution is 2.45. The van der Waals surface area contributed by atoms with Gasteiger partial charge in [-0.2, -0.15) is 0 Å². The summed E-state index contributed by atoms with van der Waals surface area (Å²) in [7, 11) is -9.92. The first kappa shape index (κ1) is 91.0. The van der Waals surface area contributed by atoms with Gasteiger partial charge in [0.2, 0.25) is 0 Å². The second-order valence-corrected chi connectivity index (χ2v) is 28.5. The van der Waals surface area contributed by atoms with E-state index in [1.807, 2.05) is 0 Å². The molecule has 5 atom stereocenters. The van der Waals surface area contributed by atoms with Gasteiger partial charge < -0.3 is 33.8 Å². The van der Waals surface area contributed by atoms with Gasteiger partial charge in [-0.1, -0.05) is 288 Å². The number of esters is 4. The fourth-order valence-corrected chi connectivity index (χ4v) is 12.1. The van der Waals surface area contributed by atoms with E-state index < -0.39 is 97.5 Å². The number of ether oxygens (including phenoxy) is 4. The molecule has 0 aliphatic heterocycles. The molecule has 5 unspecified atom stereocenters. The Bertz CT molecular complexity index is 1980. The normalized spacial score (nSPS) is 14.2. The number of carbonyl (C=O) groups is 4. The number of phosphoric acid groups is 2. The van der Waals surface area contributed by atoms with Crippen LogP contribution in [0.15, 0.2) is 48.6 Å². The van der Waals surface area contributed by atoms with Crippen LogP contribution >= 0.6 is 15.6 Å². The third-order valence-electron chi connectivity index (χ3n) is 16.3. The Morgan fingerprint density at radius 2 is 0.553 bits per heavy atom. The molecule has 0 aromatic heterocycles. The van der Waals surface area contributed by atoms with Crippen molar-refractivity contribution < 1.29 is 80.2 Å². The number of hydrogen-bond donors (Lipinski definition) is 3. The van der Waals surface area contributed by atoms with E-state index in [9.17, 15) is 43.2 Å². The first-order valence-electron chi connectivity index (χ1n) is 37.9. The van der Waals surface area contributed by atoms with Gasteiger partial charge in [-0.3, -0.25) is 37.3 Å². The van der Waals surface area contributed by atoms with Gasteiger partial charge in [0.1, 0.15) is 19.3 Å². The minimum Gasteiger partial charge on any atom is -0.462 e. The summed E-state index contributed by atoms with van der Waals surface area (Å²) < 4.78 is 68.4. The lowest BCUT2D eigenvalue weighted by Gasteiger charge is -2.21. The Labute approximate surface area is 572 Å². The van der Waals surface area contributed by atoms with E-state index in [4.69, 9.17) is 37.0 Å². The number of carbonyl (C=O) groups excluding carboxylic acids is 4. The molecule has 0 aromatic carbocycles. The summed E-state index contributed by atoms with van der Waals surface area (Å²) in [4.78, 5) is 72.7. The minimum atomic E-state index is -4.97. The molecule has 0 saturated heterocycles. The summed E-state index contributed by atoms with van der Waals surface area (Å²) in [6.07, 6.45) is 63.9. The summed E-state index contributed by atoms with van der Waals surface area (Å²) >= 11 is 0. The molecule has 3 N–H and O–H groups in total. The van der Waals surface area contributed by atoms with E-state index in [-0.39, 0.29) is 25.7 Å². The first-order chi connectivity index (χ1) is 45.7. The van der Waals surface area contributed by atoms with Crippen LogP contribution in [0.1, 0.15) is 349 Å². The zero-order valence-corrected chi connectivity index (χ0v) is 61.7. The summed E-state index contributed by atoms with van der Waals surface area (Å²) in [5.41, 5.74) is 0. The lowest BCUT2D eigenvalue weighted by atomic mass is 10.1. The highest BCUT2D eigenvalue weighted by molar-refractivity contribution is 7.47. The highest BCUT2D eigenvalue weighted by atomic mass is 31.2. The van der Waals surface area contributed by atoms with Crippen LogP contribution in [0.25, 0.3) is 0 Å². The molecular formula is C75H138O17P2. The topological polar surface area (TPSA) is 237 Å². The average Bonchev–Trinajstić information content (AvgIpc) is 1.29. The molecule has 0 heterocycles. The number of aliphatic hydroxyl groups is 1. The molecule has 0 radical (unpaired) electrons. The molecule has 0 rings (SSSR count). The maximum atomic E-state index is 13.1. The fourth-order valence-electron chi connectivity index (χ4n) is 10.5. The van der Waals surface area contributed by atoms with Crippen LogP contribution in [-0.2, 0) is 65.4 Å². The second kappa shape index (κ2) is 68.5. The van der Waals surface area contributed by atoms with Gasteiger partial charge in [0.25, 0.3) is 0 Å². The van der Waals surface area contributed by atoms with E-state index >= 15 is 0 Å². The Morgan fingerprint density at radius 3 is 0.862 bits per heavy atom. The monoisotopic (exact) mass is 1370 g/mol. The zero-order valence-electron chi connectivity index (χ0n) is 59.9. The molecule has 17 nitrogen and oxygen atoms in total. The van der Waals surface area contributed by atoms with E-state index in [0.29, 0.717) is 25.7 Å². The molecule has 0 aliphatic carbocycles. The van der Waals surface area contributed by atoms with Crippen LogP contribution < -0.4 is 0 Å². The van der Waals surface area contributed by atoms with Gasteiger partial charge in [-0.05, 0) is 83.5 Å². The summed E-state index contributed by atoms with van der Waals surface area (Å²) in [6, 6.07) is 0. The Morgan fingerprint density at radius 1 is 0.309 bits per heavy atom. The van der Waals surface area contributed by atoms with Crippen molar-refractivity contribution >= 4 is 39.5 Å². The molecular weight excluding hydrogens is 1230 g/mol. The second-order valence-electron chi connectivity index (χ2n) is 25.6. The quantitative estimate of drug-likeness (QED) is 0.0169. The summed E-state index contributed by atoms with van der Waals surface area (Å²) in [6.45, 7) is 4.78. The van der Waals surface area contributed by atoms with Gasteiger partial charge in [0.15, 0.2) is 12.2 Å². The number of hydrogen-bond acceptors (Lipinski definition) is 15. The smallest absolute Gasteiger partial charge is 0.462 e. The van der Waals surface area contributed by atoms with Gasteiger partial charge in [0, 0.05) is 25.7 Å². The van der Waals surface area contributed by atoms with Crippen LogP contribution in [0.5, 0.6) is 0 Å². The molecule has 94 heavy (non-hydrogen) atoms. The number of unbranched alkanes of at least 4 members (excludes halogenated alkanes) is 38. The maximum absolute atomic E-state index is 13.1. The van der Waals surface area contributed by atoms with Crippen molar-refractivity contribution in [3.05, 3.63) is 48.6 Å². The summed E-state index contributed by atoms with van der Waals surface area (Å²) in [5.74, 6) is -2.16. The highest BCUT2D eigenvalue weighted by Gasteiger charge is 2.30. The molecule has 0 amide bonds. The third-order valence-corrected chi connectivity index (χ3v) is 18.2. The van der Waals surface area contributed by atoms with E-state index in [2.05, 4.69) is 76.3 Å². The lowest BCUT2D eigenvalue weighted by molar-refractivity contribution is -0.161. The predicted octanol–water partition coefficient (Wildman–Crippen LogP) is 21.3. The Hall–Kier alpha value is -2.98. The number of phosphoric ester groups is 2. The number of aliphatic hydroxyl groups excluding tert-OH is 1. The molecule has 550 valence electrons. The maximum Gasteiger partial charge on any atom is 0.472 e. The van der Waals surface area contributed by atoms with Gasteiger partial charge in [0.05, 0.1) is 26.4 Å². The molecule has 0 bridgehead atoms. The van der Waals surface area contributed by atoms with Gasteiger partial charge >= 0.3 is 39.5 Å². The third kappa shape index (κ3) is 67.6. The molecule has 0 spiro atoms. The van der Waals surface area contributed by atoms with Crippen molar-refractivity contribution in [1.29, 1.82) is 0 Å². The van der Waals surface area contributed by atoms with Crippen LogP contribution in [0, 0.1) is 0 Å². The standard InChI is InChI=1S/C75H138O17P2/c1-5-9-13-17-21-25-29-31-33-34-36-37-41-44-48-52-56-60-73(78)86-66-71(92-75(80)62-58-54-50-46-42-38-35-32-30-26-22-18-14-10-6-2)68-90-94(83,84)88-64-69(76)63-87-93(81,82)89-67-70(91-74(79)61-57-53-49-45-40-28-24-20-16-12-8-4)65-85-72(77)59-55-51-47-43-39-27-23-19-15-11-7-3/h9,13,21,25,31-33,35,69-71,76H,5-8,10-12,14-20,22-24,26-30,34,36-68H2,1-4H3,(H,81,82)(H,83,84)/b13-9-,25-21-,33-31-,35-32-. The van der Waals surface area contributed by atoms with Gasteiger partial charge in [-0.25, -0.2) is 9.13 Å². The van der Waals surface area contributed by atoms with Crippen molar-refractivity contribution in [3.8, 4) is 0 Å². The van der Waals surface area contributed by atoms with Crippen LogP contribution in [-0.4, -0.2) is 96.7 Å². The largest absolute Gasteiger partial charge is 0.472 e. The minimum absolute atomic E-state index is 0.0878. The molecule has 19 heteroatoms. The Balaban J connectivity index is 5.29. The molecule has 0 aliphatic rings. The van der Waals surface area contributed by atoms with Crippen molar-refractivity contribution in [1.82, 2.24) is 0 Å². The Kier molecular flexibility index (Phi) is 66.4. The number of allylic oxidation sites excluding steroid dienone is 8. The predicted molar refractivity (Wildman–Crippen MR) is 381 cm³/mol. The lowest BCUT2D eigenvalue weighted by Crippen LogP contribution is -2.30. The van der Waals surface area contributed by atoms with Crippen LogP contribution in [0.2, 0.25) is 0 Å². The van der Waals surface area contributed by atoms with E-state index in [0.717, 1.165) is 148 Å². The molecule has 0 aromatic rings. The van der Waals surface area contributed by atoms with E-state index in [1.54, 1.807) is 0 Å². The fraction of sp³-hybridized carbons (Fsp3) is 0.840. The van der Waals surface area contributed by atoms with Crippen molar-refractivity contribution in [2.45, 2.75) is 367 Å². The van der Waals surface area contributed by atoms with Crippen molar-refractivity contribution in [3.63, 3.8) is 0 Å². The van der Waals surface area contributed by atoms with Crippen molar-refractivity contribution in [2.75, 3.05) is 39.6 Å². The SMILES string of the molecule is CC/C=C\C/C=C\C/C=C\CCCCCCCCCC(=O)OCC(COP(=O)(O)OCC(O)COP(=O)(O)OCC(COC(=O)CCCCCCCCCCCCC)OC(=O)CCCCCCCCCCCCC)OC(=O)CCCCCCC/C=C\CCCCCCCC. The average molecular weight is 1370 g/mol. The number of rotatable bonds is 72. The molecule has 0 fully saturated rings. The van der Waals surface area contributed by atoms with E-state index in [1.165, 1.54) is 122 Å². The first-order valence-corrected chi connectivity index (χ1v) is 40.9. The summed E-state index contributed by atoms with van der Waals surface area (Å²) in [5, 5.41) is 10.6. The van der Waals surface area contributed by atoms with Crippen molar-refractivity contribution in [2.24, 2.45) is 0 Å².